The van der Waals surface area contributed by atoms with Crippen molar-refractivity contribution >= 4 is 12.1 Å². The second-order valence-electron chi connectivity index (χ2n) is 6.59. The number of rotatable bonds is 8. The monoisotopic (exact) mass is 415 g/mol. The highest BCUT2D eigenvalue weighted by molar-refractivity contribution is 5.76. The molecule has 1 amide bonds. The van der Waals surface area contributed by atoms with Gasteiger partial charge in [-0.15, -0.1) is 0 Å². The average Bonchev–Trinajstić information content (AvgIpc) is 2.72. The maximum Gasteiger partial charge on any atom is 0.407 e. The summed E-state index contributed by atoms with van der Waals surface area (Å²) in [5.74, 6) is -3.88. The highest BCUT2D eigenvalue weighted by atomic mass is 16.7. The standard InChI is InChI=1S/C18H25NO10/c1-27-18(16(24)25)7-11(21)13(15(29-18)14(23)12(22)8-20)19-17(26)28-9-10-5-3-2-4-6-10/h2-6,11-15,20-23H,7-9H2,1H3,(H,19,26)(H,24,25)/t11-,12+,13+,14+,15+,18+/m0/s1. The topological polar surface area (TPSA) is 175 Å². The number of nitrogens with one attached hydrogen (secondary N) is 1. The van der Waals surface area contributed by atoms with Crippen molar-refractivity contribution in [3.8, 4) is 0 Å². The molecule has 0 spiro atoms. The first-order valence-corrected chi connectivity index (χ1v) is 8.82. The Kier molecular flexibility index (Phi) is 7.90. The van der Waals surface area contributed by atoms with Crippen LogP contribution in [0.4, 0.5) is 4.79 Å². The normalized spacial score (nSPS) is 28.9. The minimum absolute atomic E-state index is 0.0695. The fourth-order valence-electron chi connectivity index (χ4n) is 3.01. The van der Waals surface area contributed by atoms with Gasteiger partial charge in [-0.3, -0.25) is 0 Å². The Labute approximate surface area is 166 Å². The van der Waals surface area contributed by atoms with Gasteiger partial charge in [-0.2, -0.15) is 0 Å². The lowest BCUT2D eigenvalue weighted by molar-refractivity contribution is -0.303. The van der Waals surface area contributed by atoms with Crippen LogP contribution in [-0.2, 0) is 25.6 Å². The van der Waals surface area contributed by atoms with E-state index >= 15 is 0 Å². The fraction of sp³-hybridized carbons (Fsp3) is 0.556. The molecule has 1 saturated heterocycles. The highest BCUT2D eigenvalue weighted by Gasteiger charge is 2.55. The summed E-state index contributed by atoms with van der Waals surface area (Å²) >= 11 is 0. The molecule has 29 heavy (non-hydrogen) atoms. The Morgan fingerprint density at radius 2 is 1.97 bits per heavy atom. The van der Waals surface area contributed by atoms with Gasteiger partial charge in [-0.05, 0) is 5.56 Å². The molecule has 11 heteroatoms. The maximum atomic E-state index is 12.2. The molecule has 1 heterocycles. The van der Waals surface area contributed by atoms with Crippen LogP contribution >= 0.6 is 0 Å². The molecule has 1 aromatic rings. The number of hydrogen-bond acceptors (Lipinski definition) is 9. The lowest BCUT2D eigenvalue weighted by atomic mass is 9.88. The lowest BCUT2D eigenvalue weighted by Gasteiger charge is -2.45. The Hall–Kier alpha value is -2.28. The van der Waals surface area contributed by atoms with Gasteiger partial charge in [-0.25, -0.2) is 9.59 Å². The number of amides is 1. The van der Waals surface area contributed by atoms with E-state index in [0.717, 1.165) is 7.11 Å². The van der Waals surface area contributed by atoms with E-state index in [1.165, 1.54) is 0 Å². The van der Waals surface area contributed by atoms with Crippen LogP contribution in [0.15, 0.2) is 30.3 Å². The molecule has 2 rings (SSSR count). The number of benzene rings is 1. The summed E-state index contributed by atoms with van der Waals surface area (Å²) in [5.41, 5.74) is 0.708. The number of aliphatic hydroxyl groups is 4. The van der Waals surface area contributed by atoms with Crippen LogP contribution < -0.4 is 5.32 Å². The van der Waals surface area contributed by atoms with Crippen molar-refractivity contribution < 1.29 is 49.3 Å². The number of alkyl carbamates (subject to hydrolysis) is 1. The van der Waals surface area contributed by atoms with Crippen molar-refractivity contribution in [1.29, 1.82) is 0 Å². The molecule has 0 aromatic heterocycles. The van der Waals surface area contributed by atoms with E-state index in [-0.39, 0.29) is 6.61 Å². The summed E-state index contributed by atoms with van der Waals surface area (Å²) in [5, 5.41) is 51.3. The van der Waals surface area contributed by atoms with E-state index in [1.54, 1.807) is 30.3 Å². The molecule has 1 aliphatic rings. The minimum Gasteiger partial charge on any atom is -0.477 e. The first kappa shape index (κ1) is 23.0. The third-order valence-electron chi connectivity index (χ3n) is 4.64. The minimum atomic E-state index is -2.31. The van der Waals surface area contributed by atoms with Crippen LogP contribution in [0.5, 0.6) is 0 Å². The number of carboxylic acids is 1. The van der Waals surface area contributed by atoms with Gasteiger partial charge in [0.25, 0.3) is 5.79 Å². The zero-order valence-corrected chi connectivity index (χ0v) is 15.7. The molecule has 11 nitrogen and oxygen atoms in total. The number of aliphatic hydroxyl groups excluding tert-OH is 4. The van der Waals surface area contributed by atoms with E-state index in [9.17, 15) is 30.0 Å². The van der Waals surface area contributed by atoms with Crippen molar-refractivity contribution in [1.82, 2.24) is 5.32 Å². The van der Waals surface area contributed by atoms with Crippen molar-refractivity contribution in [2.75, 3.05) is 13.7 Å². The zero-order chi connectivity index (χ0) is 21.6. The fourth-order valence-corrected chi connectivity index (χ4v) is 3.01. The van der Waals surface area contributed by atoms with E-state index in [4.69, 9.17) is 19.3 Å². The van der Waals surface area contributed by atoms with Gasteiger partial charge in [0, 0.05) is 13.5 Å². The van der Waals surface area contributed by atoms with E-state index in [1.807, 2.05) is 0 Å². The number of carboxylic acid groups (broad SMARTS) is 1. The molecular weight excluding hydrogens is 390 g/mol. The summed E-state index contributed by atoms with van der Waals surface area (Å²) in [6, 6.07) is 7.42. The Morgan fingerprint density at radius 3 is 2.52 bits per heavy atom. The zero-order valence-electron chi connectivity index (χ0n) is 15.7. The smallest absolute Gasteiger partial charge is 0.407 e. The van der Waals surface area contributed by atoms with Crippen LogP contribution in [0.1, 0.15) is 12.0 Å². The van der Waals surface area contributed by atoms with Crippen LogP contribution in [0.3, 0.4) is 0 Å². The molecule has 0 aliphatic carbocycles. The molecule has 0 unspecified atom stereocenters. The van der Waals surface area contributed by atoms with E-state index in [2.05, 4.69) is 5.32 Å². The average molecular weight is 415 g/mol. The van der Waals surface area contributed by atoms with Gasteiger partial charge >= 0.3 is 12.1 Å². The molecule has 1 aliphatic heterocycles. The van der Waals surface area contributed by atoms with Crippen LogP contribution in [-0.4, -0.2) is 87.6 Å². The quantitative estimate of drug-likeness (QED) is 0.295. The number of hydrogen-bond donors (Lipinski definition) is 6. The van der Waals surface area contributed by atoms with E-state index in [0.29, 0.717) is 5.56 Å². The van der Waals surface area contributed by atoms with Crippen molar-refractivity contribution in [2.45, 2.75) is 49.3 Å². The van der Waals surface area contributed by atoms with Crippen LogP contribution in [0.25, 0.3) is 0 Å². The Morgan fingerprint density at radius 1 is 1.31 bits per heavy atom. The molecule has 0 saturated carbocycles. The van der Waals surface area contributed by atoms with Gasteiger partial charge in [0.2, 0.25) is 0 Å². The molecular formula is C18H25NO10. The number of ether oxygens (including phenoxy) is 3. The predicted octanol–water partition coefficient (Wildman–Crippen LogP) is -1.43. The lowest BCUT2D eigenvalue weighted by Crippen LogP contribution is -2.67. The number of methoxy groups -OCH3 is 1. The number of carbonyl (C=O) groups is 2. The SMILES string of the molecule is CO[C@]1(C(=O)O)C[C@H](O)[C@@H](NC(=O)OCc2ccccc2)[C@H]([C@H](O)[C@H](O)CO)O1. The Balaban J connectivity index is 2.15. The van der Waals surface area contributed by atoms with Gasteiger partial charge in [0.1, 0.15) is 24.9 Å². The molecule has 162 valence electrons. The summed E-state index contributed by atoms with van der Waals surface area (Å²) in [6.45, 7) is -0.935. The van der Waals surface area contributed by atoms with Crippen molar-refractivity contribution in [2.24, 2.45) is 0 Å². The first-order valence-electron chi connectivity index (χ1n) is 8.82. The van der Waals surface area contributed by atoms with Gasteiger partial charge < -0.3 is 45.1 Å². The second-order valence-corrected chi connectivity index (χ2v) is 6.59. The van der Waals surface area contributed by atoms with E-state index < -0.39 is 61.3 Å². The molecule has 6 N–H and O–H groups in total. The van der Waals surface area contributed by atoms with Gasteiger partial charge in [-0.1, -0.05) is 30.3 Å². The highest BCUT2D eigenvalue weighted by Crippen LogP contribution is 2.33. The van der Waals surface area contributed by atoms with Gasteiger partial charge in [0.05, 0.1) is 18.8 Å². The number of aliphatic carboxylic acids is 1. The third kappa shape index (κ3) is 5.41. The predicted molar refractivity (Wildman–Crippen MR) is 95.5 cm³/mol. The maximum absolute atomic E-state index is 12.2. The van der Waals surface area contributed by atoms with Gasteiger partial charge in [0.15, 0.2) is 0 Å². The molecule has 0 bridgehead atoms. The molecule has 1 aromatic carbocycles. The summed E-state index contributed by atoms with van der Waals surface area (Å²) in [7, 11) is 1.04. The number of carbonyl (C=O) groups excluding carboxylic acids is 1. The Bertz CT molecular complexity index is 686. The third-order valence-corrected chi connectivity index (χ3v) is 4.64. The summed E-state index contributed by atoms with van der Waals surface area (Å²) in [4.78, 5) is 23.7. The van der Waals surface area contributed by atoms with Crippen molar-refractivity contribution in [3.63, 3.8) is 0 Å². The summed E-state index contributed by atoms with van der Waals surface area (Å²) < 4.78 is 15.3. The summed E-state index contributed by atoms with van der Waals surface area (Å²) in [6.07, 6.45) is -8.25. The first-order chi connectivity index (χ1) is 13.7. The largest absolute Gasteiger partial charge is 0.477 e. The van der Waals surface area contributed by atoms with Crippen LogP contribution in [0, 0.1) is 0 Å². The van der Waals surface area contributed by atoms with Crippen molar-refractivity contribution in [3.05, 3.63) is 35.9 Å². The molecule has 6 atom stereocenters. The van der Waals surface area contributed by atoms with Crippen LogP contribution in [0.2, 0.25) is 0 Å². The molecule has 1 fully saturated rings. The molecule has 0 radical (unpaired) electrons. The second kappa shape index (κ2) is 9.96.